The molecule has 0 bridgehead atoms. The van der Waals surface area contributed by atoms with Crippen molar-refractivity contribution in [2.75, 3.05) is 5.32 Å². The second kappa shape index (κ2) is 6.14. The molecule has 1 aromatic carbocycles. The lowest BCUT2D eigenvalue weighted by molar-refractivity contribution is -0.116. The third kappa shape index (κ3) is 2.75. The number of carbonyl (C=O) groups excluding carboxylic acids is 1. The van der Waals surface area contributed by atoms with Gasteiger partial charge in [0.2, 0.25) is 5.91 Å². The first kappa shape index (κ1) is 16.1. The maximum atomic E-state index is 12.8. The number of amides is 1. The van der Waals surface area contributed by atoms with Gasteiger partial charge in [-0.15, -0.1) is 0 Å². The van der Waals surface area contributed by atoms with Crippen molar-refractivity contribution in [3.63, 3.8) is 0 Å². The van der Waals surface area contributed by atoms with E-state index in [4.69, 9.17) is 0 Å². The van der Waals surface area contributed by atoms with Crippen LogP contribution in [0.3, 0.4) is 0 Å². The average molecular weight is 350 g/mol. The Hall–Kier alpha value is -3.42. The summed E-state index contributed by atoms with van der Waals surface area (Å²) in [4.78, 5) is 29.6. The van der Waals surface area contributed by atoms with Gasteiger partial charge in [-0.3, -0.25) is 19.4 Å². The van der Waals surface area contributed by atoms with Gasteiger partial charge in [-0.05, 0) is 25.5 Å². The largest absolute Gasteiger partial charge is 0.323 e. The highest BCUT2D eigenvalue weighted by Gasteiger charge is 2.15. The molecule has 0 saturated carbocycles. The molecule has 0 aliphatic heterocycles. The summed E-state index contributed by atoms with van der Waals surface area (Å²) in [7, 11) is 1.78. The molecule has 2 N–H and O–H groups in total. The van der Waals surface area contributed by atoms with Crippen LogP contribution >= 0.6 is 0 Å². The fourth-order valence-electron chi connectivity index (χ4n) is 3.08. The molecule has 0 aliphatic rings. The van der Waals surface area contributed by atoms with Crippen LogP contribution < -0.4 is 10.9 Å². The molecule has 0 atom stereocenters. The van der Waals surface area contributed by atoms with Gasteiger partial charge >= 0.3 is 0 Å². The normalized spacial score (nSPS) is 11.3. The van der Waals surface area contributed by atoms with Gasteiger partial charge in [-0.25, -0.2) is 9.50 Å². The zero-order valence-electron chi connectivity index (χ0n) is 14.5. The van der Waals surface area contributed by atoms with Gasteiger partial charge in [-0.2, -0.15) is 5.10 Å². The highest BCUT2D eigenvalue weighted by atomic mass is 16.1. The smallest absolute Gasteiger partial charge is 0.276 e. The molecule has 0 fully saturated rings. The number of nitrogens with one attached hydrogen (secondary N) is 2. The van der Waals surface area contributed by atoms with Gasteiger partial charge in [0.05, 0.1) is 17.4 Å². The summed E-state index contributed by atoms with van der Waals surface area (Å²) in [5, 5.41) is 10.7. The summed E-state index contributed by atoms with van der Waals surface area (Å²) in [5.41, 5.74) is 3.10. The third-order valence-electron chi connectivity index (χ3n) is 4.37. The standard InChI is InChI=1S/C18H18N6O2/c1-11-13(7-8-16(25)21-12-9-19-23(2)10-12)18(26)24-17(20-11)14-5-3-4-6-15(14)22-24/h3-6,9-10,22H,7-8H2,1-2H3,(H,21,25). The average Bonchev–Trinajstić information content (AvgIpc) is 3.18. The van der Waals surface area contributed by atoms with Crippen molar-refractivity contribution in [1.29, 1.82) is 0 Å². The molecule has 1 amide bonds. The molecule has 26 heavy (non-hydrogen) atoms. The number of aromatic nitrogens is 5. The zero-order chi connectivity index (χ0) is 18.3. The molecular weight excluding hydrogens is 332 g/mol. The highest BCUT2D eigenvalue weighted by molar-refractivity contribution is 5.92. The molecule has 0 aliphatic carbocycles. The van der Waals surface area contributed by atoms with Gasteiger partial charge in [0.1, 0.15) is 0 Å². The number of fused-ring (bicyclic) bond motifs is 3. The summed E-state index contributed by atoms with van der Waals surface area (Å²) in [5.74, 6) is -0.168. The minimum absolute atomic E-state index is 0.168. The number of H-pyrrole nitrogens is 1. The molecule has 8 nitrogen and oxygen atoms in total. The molecular formula is C18H18N6O2. The predicted molar refractivity (Wildman–Crippen MR) is 98.2 cm³/mol. The van der Waals surface area contributed by atoms with E-state index < -0.39 is 0 Å². The van der Waals surface area contributed by atoms with Gasteiger partial charge in [0.15, 0.2) is 5.65 Å². The minimum Gasteiger partial charge on any atom is -0.323 e. The first-order chi connectivity index (χ1) is 12.5. The fourth-order valence-corrected chi connectivity index (χ4v) is 3.08. The first-order valence-corrected chi connectivity index (χ1v) is 8.30. The zero-order valence-corrected chi connectivity index (χ0v) is 14.5. The van der Waals surface area contributed by atoms with Crippen LogP contribution in [0.2, 0.25) is 0 Å². The Kier molecular flexibility index (Phi) is 3.80. The van der Waals surface area contributed by atoms with E-state index >= 15 is 0 Å². The van der Waals surface area contributed by atoms with E-state index in [0.717, 1.165) is 10.9 Å². The van der Waals surface area contributed by atoms with E-state index in [-0.39, 0.29) is 17.9 Å². The van der Waals surface area contributed by atoms with E-state index in [1.165, 1.54) is 4.52 Å². The van der Waals surface area contributed by atoms with Gasteiger partial charge in [-0.1, -0.05) is 12.1 Å². The predicted octanol–water partition coefficient (Wildman–Crippen LogP) is 1.79. The highest BCUT2D eigenvalue weighted by Crippen LogP contribution is 2.17. The van der Waals surface area contributed by atoms with Crippen LogP contribution in [0.25, 0.3) is 16.6 Å². The van der Waals surface area contributed by atoms with Crippen LogP contribution in [0.4, 0.5) is 5.69 Å². The number of carbonyl (C=O) groups is 1. The number of hydrogen-bond donors (Lipinski definition) is 2. The lowest BCUT2D eigenvalue weighted by atomic mass is 10.1. The summed E-state index contributed by atoms with van der Waals surface area (Å²) < 4.78 is 3.06. The molecule has 3 aromatic heterocycles. The SMILES string of the molecule is Cc1nc2c3ccccc3[nH]n2c(=O)c1CCC(=O)Nc1cnn(C)c1. The second-order valence-corrected chi connectivity index (χ2v) is 6.25. The number of hydrogen-bond acceptors (Lipinski definition) is 4. The summed E-state index contributed by atoms with van der Waals surface area (Å²) in [6.45, 7) is 1.80. The number of aromatic amines is 1. The Balaban J connectivity index is 1.61. The lowest BCUT2D eigenvalue weighted by Crippen LogP contribution is -2.23. The molecule has 4 aromatic rings. The Bertz CT molecular complexity index is 1180. The second-order valence-electron chi connectivity index (χ2n) is 6.25. The Morgan fingerprint density at radius 1 is 1.31 bits per heavy atom. The molecule has 4 rings (SSSR count). The van der Waals surface area contributed by atoms with Crippen LogP contribution in [-0.2, 0) is 18.3 Å². The van der Waals surface area contributed by atoms with Gasteiger partial charge < -0.3 is 5.32 Å². The van der Waals surface area contributed by atoms with Crippen molar-refractivity contribution >= 4 is 28.1 Å². The molecule has 132 valence electrons. The molecule has 0 saturated heterocycles. The quantitative estimate of drug-likeness (QED) is 0.586. The van der Waals surface area contributed by atoms with Crippen LogP contribution in [0.15, 0.2) is 41.5 Å². The van der Waals surface area contributed by atoms with Crippen molar-refractivity contribution in [3.05, 3.63) is 58.3 Å². The summed E-state index contributed by atoms with van der Waals surface area (Å²) >= 11 is 0. The number of benzene rings is 1. The molecule has 3 heterocycles. The van der Waals surface area contributed by atoms with E-state index in [1.807, 2.05) is 24.3 Å². The molecule has 0 spiro atoms. The first-order valence-electron chi connectivity index (χ1n) is 8.30. The lowest BCUT2D eigenvalue weighted by Gasteiger charge is -2.06. The minimum atomic E-state index is -0.169. The monoisotopic (exact) mass is 350 g/mol. The number of nitrogens with zero attached hydrogens (tertiary/aromatic N) is 4. The van der Waals surface area contributed by atoms with Crippen molar-refractivity contribution < 1.29 is 4.79 Å². The molecule has 8 heteroatoms. The van der Waals surface area contributed by atoms with Crippen molar-refractivity contribution in [2.24, 2.45) is 7.05 Å². The van der Waals surface area contributed by atoms with Crippen molar-refractivity contribution in [1.82, 2.24) is 24.4 Å². The topological polar surface area (TPSA) is 97.1 Å². The van der Waals surface area contributed by atoms with Crippen LogP contribution in [-0.4, -0.2) is 30.3 Å². The van der Waals surface area contributed by atoms with Crippen LogP contribution in [0, 0.1) is 6.92 Å². The molecule has 0 radical (unpaired) electrons. The van der Waals surface area contributed by atoms with Gasteiger partial charge in [0, 0.05) is 36.3 Å². The van der Waals surface area contributed by atoms with E-state index in [0.29, 0.717) is 29.0 Å². The van der Waals surface area contributed by atoms with E-state index in [9.17, 15) is 9.59 Å². The van der Waals surface area contributed by atoms with E-state index in [1.54, 1.807) is 31.0 Å². The van der Waals surface area contributed by atoms with E-state index in [2.05, 4.69) is 20.5 Å². The number of aryl methyl sites for hydroxylation is 2. The van der Waals surface area contributed by atoms with Crippen molar-refractivity contribution in [2.45, 2.75) is 19.8 Å². The Morgan fingerprint density at radius 2 is 2.12 bits per heavy atom. The number of para-hydroxylation sites is 1. The van der Waals surface area contributed by atoms with Crippen LogP contribution in [0.1, 0.15) is 17.7 Å². The summed E-state index contributed by atoms with van der Waals surface area (Å²) in [6.07, 6.45) is 3.81. The maximum Gasteiger partial charge on any atom is 0.276 e. The maximum absolute atomic E-state index is 12.8. The Morgan fingerprint density at radius 3 is 2.88 bits per heavy atom. The number of rotatable bonds is 4. The Labute approximate surface area is 148 Å². The van der Waals surface area contributed by atoms with Crippen LogP contribution in [0.5, 0.6) is 0 Å². The third-order valence-corrected chi connectivity index (χ3v) is 4.37. The fraction of sp³-hybridized carbons (Fsp3) is 0.222. The number of anilines is 1. The summed E-state index contributed by atoms with van der Waals surface area (Å²) in [6, 6.07) is 7.64. The molecule has 0 unspecified atom stereocenters. The van der Waals surface area contributed by atoms with Gasteiger partial charge in [0.25, 0.3) is 5.56 Å². The van der Waals surface area contributed by atoms with Crippen molar-refractivity contribution in [3.8, 4) is 0 Å².